The molecule has 8 nitrogen and oxygen atoms in total. The number of aliphatic hydroxyl groups is 2. The smallest absolute Gasteiger partial charge is 0.256 e. The first kappa shape index (κ1) is 22.6. The van der Waals surface area contributed by atoms with E-state index in [4.69, 9.17) is 4.74 Å². The van der Waals surface area contributed by atoms with Crippen LogP contribution >= 0.6 is 0 Å². The van der Waals surface area contributed by atoms with Crippen LogP contribution in [0, 0.1) is 19.7 Å². The molecule has 2 aliphatic rings. The number of β-amino-alcohol motifs (C(OH)–C–C–N with tert-alkyl or cyclic N) is 1. The second-order valence-electron chi connectivity index (χ2n) is 8.28. The largest absolute Gasteiger partial charge is 0.390 e. The third-order valence-electron chi connectivity index (χ3n) is 5.98. The minimum atomic E-state index is -0.986. The molecule has 1 amide bonds. The molecule has 2 aromatic rings. The number of fused-ring (bicyclic) bond motifs is 1. The number of carbonyl (C=O) groups is 1. The Morgan fingerprint density at radius 2 is 2.03 bits per heavy atom. The van der Waals surface area contributed by atoms with Gasteiger partial charge >= 0.3 is 0 Å². The van der Waals surface area contributed by atoms with Crippen LogP contribution in [0.3, 0.4) is 0 Å². The molecule has 0 aliphatic carbocycles. The van der Waals surface area contributed by atoms with Crippen molar-refractivity contribution in [3.8, 4) is 0 Å². The summed E-state index contributed by atoms with van der Waals surface area (Å²) in [6.07, 6.45) is 0.0595. The SMILES string of the molecule is Cc1[nH]c(/C=C2\C(=O)Nc3ccc(F)cc32)c(C)c1C(O)NC[C@H](O)CN1CCOCC1. The topological polar surface area (TPSA) is 110 Å². The van der Waals surface area contributed by atoms with E-state index in [1.165, 1.54) is 18.2 Å². The lowest BCUT2D eigenvalue weighted by Gasteiger charge is -2.29. The molecule has 2 aliphatic heterocycles. The fourth-order valence-electron chi connectivity index (χ4n) is 4.29. The van der Waals surface area contributed by atoms with Crippen molar-refractivity contribution < 1.29 is 24.1 Å². The first-order valence-corrected chi connectivity index (χ1v) is 10.7. The van der Waals surface area contributed by atoms with Crippen molar-refractivity contribution in [3.05, 3.63) is 52.1 Å². The van der Waals surface area contributed by atoms with Crippen molar-refractivity contribution in [2.45, 2.75) is 26.2 Å². The number of morpholine rings is 1. The van der Waals surface area contributed by atoms with Gasteiger partial charge in [0.05, 0.1) is 24.9 Å². The first-order chi connectivity index (χ1) is 15.3. The Morgan fingerprint density at radius 1 is 1.28 bits per heavy atom. The van der Waals surface area contributed by atoms with Crippen LogP contribution in [0.4, 0.5) is 10.1 Å². The summed E-state index contributed by atoms with van der Waals surface area (Å²) in [4.78, 5) is 17.7. The number of aliphatic hydroxyl groups excluding tert-OH is 2. The van der Waals surface area contributed by atoms with Gasteiger partial charge in [-0.3, -0.25) is 15.0 Å². The summed E-state index contributed by atoms with van der Waals surface area (Å²) in [5.74, 6) is -0.717. The molecule has 4 rings (SSSR count). The molecule has 0 saturated carbocycles. The molecule has 1 aromatic heterocycles. The Labute approximate surface area is 186 Å². The highest BCUT2D eigenvalue weighted by molar-refractivity contribution is 6.34. The van der Waals surface area contributed by atoms with Gasteiger partial charge in [0.25, 0.3) is 5.91 Å². The van der Waals surface area contributed by atoms with Crippen molar-refractivity contribution in [1.29, 1.82) is 0 Å². The van der Waals surface area contributed by atoms with Crippen LogP contribution in [0.1, 0.15) is 34.3 Å². The Morgan fingerprint density at radius 3 is 2.78 bits per heavy atom. The number of halogens is 1. The average Bonchev–Trinajstić information content (AvgIpc) is 3.22. The van der Waals surface area contributed by atoms with Crippen LogP contribution in [-0.2, 0) is 9.53 Å². The van der Waals surface area contributed by atoms with Gasteiger partial charge in [-0.1, -0.05) is 0 Å². The standard InChI is InChI=1S/C23H29FN4O4/c1-13-20(10-18-17-9-15(24)3-4-19(17)27-22(18)30)26-14(2)21(13)23(31)25-11-16(29)12-28-5-7-32-8-6-28/h3-4,9-10,16,23,25-26,29,31H,5-8,11-12H2,1-2H3,(H,27,30)/b18-10-/t16-,23?/m0/s1. The van der Waals surface area contributed by atoms with Gasteiger partial charge in [0.15, 0.2) is 0 Å². The number of carbonyl (C=O) groups excluding carboxylic acids is 1. The zero-order valence-corrected chi connectivity index (χ0v) is 18.2. The van der Waals surface area contributed by atoms with Crippen LogP contribution in [0.5, 0.6) is 0 Å². The minimum absolute atomic E-state index is 0.230. The molecule has 1 unspecified atom stereocenters. The van der Waals surface area contributed by atoms with E-state index < -0.39 is 18.1 Å². The number of hydrogen-bond acceptors (Lipinski definition) is 6. The molecule has 3 heterocycles. The summed E-state index contributed by atoms with van der Waals surface area (Å²) in [5, 5.41) is 26.8. The van der Waals surface area contributed by atoms with E-state index >= 15 is 0 Å². The van der Waals surface area contributed by atoms with Gasteiger partial charge in [0.1, 0.15) is 12.0 Å². The van der Waals surface area contributed by atoms with E-state index in [1.54, 1.807) is 6.08 Å². The lowest BCUT2D eigenvalue weighted by Crippen LogP contribution is -2.44. The quantitative estimate of drug-likeness (QED) is 0.327. The molecule has 5 N–H and O–H groups in total. The summed E-state index contributed by atoms with van der Waals surface area (Å²) in [6.45, 7) is 7.32. The number of nitrogens with one attached hydrogen (secondary N) is 3. The van der Waals surface area contributed by atoms with Crippen molar-refractivity contribution in [3.63, 3.8) is 0 Å². The molecule has 1 fully saturated rings. The Hall–Kier alpha value is -2.56. The fourth-order valence-corrected chi connectivity index (χ4v) is 4.29. The second-order valence-corrected chi connectivity index (χ2v) is 8.28. The number of nitrogens with zero attached hydrogens (tertiary/aromatic N) is 1. The zero-order chi connectivity index (χ0) is 22.8. The van der Waals surface area contributed by atoms with Gasteiger partial charge in [-0.2, -0.15) is 0 Å². The summed E-state index contributed by atoms with van der Waals surface area (Å²) in [7, 11) is 0. The van der Waals surface area contributed by atoms with Crippen molar-refractivity contribution in [2.75, 3.05) is 44.7 Å². The molecule has 0 spiro atoms. The molecule has 1 saturated heterocycles. The zero-order valence-electron chi connectivity index (χ0n) is 18.2. The molecule has 0 bridgehead atoms. The van der Waals surface area contributed by atoms with Crippen LogP contribution in [0.15, 0.2) is 18.2 Å². The van der Waals surface area contributed by atoms with Gasteiger partial charge in [0, 0.05) is 54.4 Å². The fraction of sp³-hybridized carbons (Fsp3) is 0.435. The number of ether oxygens (including phenoxy) is 1. The van der Waals surface area contributed by atoms with Crippen LogP contribution < -0.4 is 10.6 Å². The third kappa shape index (κ3) is 4.77. The van der Waals surface area contributed by atoms with Crippen molar-refractivity contribution >= 4 is 23.2 Å². The molecule has 32 heavy (non-hydrogen) atoms. The second kappa shape index (κ2) is 9.51. The Balaban J connectivity index is 1.47. The number of anilines is 1. The van der Waals surface area contributed by atoms with Gasteiger partial charge in [-0.15, -0.1) is 0 Å². The predicted octanol–water partition coefficient (Wildman–Crippen LogP) is 1.54. The summed E-state index contributed by atoms with van der Waals surface area (Å²) in [6, 6.07) is 4.18. The van der Waals surface area contributed by atoms with Gasteiger partial charge in [-0.05, 0) is 43.7 Å². The molecule has 172 valence electrons. The van der Waals surface area contributed by atoms with Gasteiger partial charge in [-0.25, -0.2) is 4.39 Å². The highest BCUT2D eigenvalue weighted by atomic mass is 19.1. The normalized spacial score (nSPS) is 19.8. The summed E-state index contributed by atoms with van der Waals surface area (Å²) in [5.41, 5.74) is 4.28. The maximum absolute atomic E-state index is 13.7. The van der Waals surface area contributed by atoms with E-state index in [2.05, 4.69) is 20.5 Å². The minimum Gasteiger partial charge on any atom is -0.390 e. The third-order valence-corrected chi connectivity index (χ3v) is 5.98. The lowest BCUT2D eigenvalue weighted by atomic mass is 10.0. The molecular formula is C23H29FN4O4. The van der Waals surface area contributed by atoms with E-state index in [9.17, 15) is 19.4 Å². The van der Waals surface area contributed by atoms with Crippen molar-refractivity contribution in [1.82, 2.24) is 15.2 Å². The van der Waals surface area contributed by atoms with E-state index in [0.717, 1.165) is 24.3 Å². The molecule has 1 aromatic carbocycles. The number of H-pyrrole nitrogens is 1. The summed E-state index contributed by atoms with van der Waals surface area (Å²) >= 11 is 0. The lowest BCUT2D eigenvalue weighted by molar-refractivity contribution is -0.110. The highest BCUT2D eigenvalue weighted by Crippen LogP contribution is 2.35. The molecule has 9 heteroatoms. The van der Waals surface area contributed by atoms with E-state index in [0.29, 0.717) is 47.8 Å². The first-order valence-electron chi connectivity index (χ1n) is 10.7. The monoisotopic (exact) mass is 444 g/mol. The number of hydrogen-bond donors (Lipinski definition) is 5. The van der Waals surface area contributed by atoms with Gasteiger partial charge < -0.3 is 25.3 Å². The number of amides is 1. The number of aryl methyl sites for hydroxylation is 1. The van der Waals surface area contributed by atoms with E-state index in [-0.39, 0.29) is 12.5 Å². The predicted molar refractivity (Wildman–Crippen MR) is 119 cm³/mol. The van der Waals surface area contributed by atoms with Crippen LogP contribution in [0.25, 0.3) is 11.6 Å². The van der Waals surface area contributed by atoms with Crippen LogP contribution in [0.2, 0.25) is 0 Å². The molecular weight excluding hydrogens is 415 g/mol. The number of rotatable bonds is 7. The van der Waals surface area contributed by atoms with E-state index in [1.807, 2.05) is 13.8 Å². The van der Waals surface area contributed by atoms with Gasteiger partial charge in [0.2, 0.25) is 0 Å². The number of aromatic amines is 1. The van der Waals surface area contributed by atoms with Crippen molar-refractivity contribution in [2.24, 2.45) is 0 Å². The maximum Gasteiger partial charge on any atom is 0.256 e. The van der Waals surface area contributed by atoms with Crippen LogP contribution in [-0.4, -0.2) is 71.5 Å². The summed E-state index contributed by atoms with van der Waals surface area (Å²) < 4.78 is 19.0. The maximum atomic E-state index is 13.7. The Kier molecular flexibility index (Phi) is 6.73. The molecule has 0 radical (unpaired) electrons. The number of benzene rings is 1. The number of aromatic nitrogens is 1. The average molecular weight is 445 g/mol. The molecule has 2 atom stereocenters. The Bertz CT molecular complexity index is 1030. The highest BCUT2D eigenvalue weighted by Gasteiger charge is 2.26.